The van der Waals surface area contributed by atoms with E-state index in [-0.39, 0.29) is 45.4 Å². The van der Waals surface area contributed by atoms with E-state index in [1.807, 2.05) is 0 Å². The lowest BCUT2D eigenvalue weighted by Gasteiger charge is -2.40. The van der Waals surface area contributed by atoms with Gasteiger partial charge >= 0.3 is 0 Å². The minimum Gasteiger partial charge on any atom is -0.393 e. The first-order valence-electron chi connectivity index (χ1n) is 17.2. The zero-order valence-corrected chi connectivity index (χ0v) is 29.6. The van der Waals surface area contributed by atoms with Crippen molar-refractivity contribution in [2.45, 2.75) is 168 Å². The smallest absolute Gasteiger partial charge is 0.121 e. The van der Waals surface area contributed by atoms with E-state index in [9.17, 15) is 10.2 Å². The molecule has 4 fully saturated rings. The first kappa shape index (κ1) is 35.1. The van der Waals surface area contributed by atoms with Gasteiger partial charge in [0.15, 0.2) is 0 Å². The van der Waals surface area contributed by atoms with Gasteiger partial charge in [0.1, 0.15) is 16.8 Å². The van der Waals surface area contributed by atoms with Crippen LogP contribution in [0.15, 0.2) is 70.9 Å². The van der Waals surface area contributed by atoms with Gasteiger partial charge in [0.25, 0.3) is 0 Å². The zero-order valence-electron chi connectivity index (χ0n) is 29.6. The second-order valence-corrected chi connectivity index (χ2v) is 16.4. The third-order valence-electron chi connectivity index (χ3n) is 11.5. The fraction of sp³-hybridized carbons (Fsp3) is 0.700. The molecule has 2 aliphatic carbocycles. The molecule has 2 heterocycles. The molecule has 0 spiro atoms. The number of hydrogen-bond donors (Lipinski definition) is 2. The van der Waals surface area contributed by atoms with E-state index < -0.39 is 0 Å². The van der Waals surface area contributed by atoms with Gasteiger partial charge in [-0.25, -0.2) is 0 Å². The SMILES string of the molecule is CC(/C=C/[C@]12O[C@@]1(C)C[C@@H](O)CC2(C)C)=C\CC/C(C)=C/C=C/C=C(\C)CC/C=C(\C)CC[C@@]12O[C@]1(C)C[C@@H](O)CC2(C)C. The summed E-state index contributed by atoms with van der Waals surface area (Å²) in [4.78, 5) is 0. The largest absolute Gasteiger partial charge is 0.393 e. The normalized spacial score (nSPS) is 38.6. The van der Waals surface area contributed by atoms with Gasteiger partial charge in [-0.2, -0.15) is 0 Å². The second kappa shape index (κ2) is 12.8. The quantitative estimate of drug-likeness (QED) is 0.124. The minimum absolute atomic E-state index is 0.0121. The van der Waals surface area contributed by atoms with Gasteiger partial charge < -0.3 is 19.7 Å². The summed E-state index contributed by atoms with van der Waals surface area (Å²) in [6.45, 7) is 22.1. The van der Waals surface area contributed by atoms with E-state index in [1.54, 1.807) is 0 Å². The van der Waals surface area contributed by atoms with E-state index >= 15 is 0 Å². The second-order valence-electron chi connectivity index (χ2n) is 16.4. The topological polar surface area (TPSA) is 65.5 Å². The lowest BCUT2D eigenvalue weighted by molar-refractivity contribution is 0.0318. The maximum absolute atomic E-state index is 10.3. The molecule has 0 amide bonds. The number of ether oxygens (including phenoxy) is 2. The molecule has 4 nitrogen and oxygen atoms in total. The fourth-order valence-corrected chi connectivity index (χ4v) is 8.90. The Morgan fingerprint density at radius 2 is 1.20 bits per heavy atom. The molecule has 4 heteroatoms. The molecule has 0 radical (unpaired) electrons. The van der Waals surface area contributed by atoms with Crippen molar-refractivity contribution >= 4 is 0 Å². The molecule has 2 saturated carbocycles. The molecule has 0 unspecified atom stereocenters. The molecule has 0 aromatic carbocycles. The monoisotopic (exact) mass is 606 g/mol. The summed E-state index contributed by atoms with van der Waals surface area (Å²) in [7, 11) is 0. The van der Waals surface area contributed by atoms with E-state index in [0.717, 1.165) is 64.2 Å². The van der Waals surface area contributed by atoms with Crippen LogP contribution in [0.1, 0.15) is 133 Å². The molecule has 246 valence electrons. The van der Waals surface area contributed by atoms with Crippen molar-refractivity contribution < 1.29 is 19.7 Å². The Labute approximate surface area is 269 Å². The molecule has 0 aromatic heterocycles. The Morgan fingerprint density at radius 1 is 0.659 bits per heavy atom. The summed E-state index contributed by atoms with van der Waals surface area (Å²) in [5.74, 6) is 0. The van der Waals surface area contributed by atoms with Crippen LogP contribution < -0.4 is 0 Å². The van der Waals surface area contributed by atoms with Crippen LogP contribution in [0, 0.1) is 10.8 Å². The van der Waals surface area contributed by atoms with Gasteiger partial charge in [-0.3, -0.25) is 0 Å². The number of aliphatic hydroxyl groups is 2. The zero-order chi connectivity index (χ0) is 32.6. The van der Waals surface area contributed by atoms with E-state index in [0.29, 0.717) is 0 Å². The van der Waals surface area contributed by atoms with Crippen LogP contribution >= 0.6 is 0 Å². The molecular weight excluding hydrogens is 544 g/mol. The van der Waals surface area contributed by atoms with Gasteiger partial charge in [-0.05, 0) is 104 Å². The summed E-state index contributed by atoms with van der Waals surface area (Å²) in [5.41, 5.74) is 4.67. The molecule has 44 heavy (non-hydrogen) atoms. The molecule has 4 rings (SSSR count). The molecule has 2 saturated heterocycles. The first-order valence-corrected chi connectivity index (χ1v) is 17.2. The van der Waals surface area contributed by atoms with Crippen molar-refractivity contribution in [1.82, 2.24) is 0 Å². The highest BCUT2D eigenvalue weighted by Crippen LogP contribution is 2.68. The van der Waals surface area contributed by atoms with Crippen LogP contribution in [0.25, 0.3) is 0 Å². The molecule has 2 N–H and O–H groups in total. The number of rotatable bonds is 13. The predicted octanol–water partition coefficient (Wildman–Crippen LogP) is 9.64. The third-order valence-corrected chi connectivity index (χ3v) is 11.5. The number of allylic oxidation sites excluding steroid dienone is 11. The van der Waals surface area contributed by atoms with Gasteiger partial charge in [-0.1, -0.05) is 92.5 Å². The van der Waals surface area contributed by atoms with Crippen LogP contribution in [0.5, 0.6) is 0 Å². The molecule has 2 aliphatic heterocycles. The average molecular weight is 607 g/mol. The van der Waals surface area contributed by atoms with E-state index in [2.05, 4.69) is 118 Å². The Morgan fingerprint density at radius 3 is 1.77 bits per heavy atom. The Hall–Kier alpha value is -1.72. The third kappa shape index (κ3) is 7.14. The minimum atomic E-state index is -0.275. The summed E-state index contributed by atoms with van der Waals surface area (Å²) < 4.78 is 12.6. The van der Waals surface area contributed by atoms with Crippen molar-refractivity contribution in [2.24, 2.45) is 10.8 Å². The van der Waals surface area contributed by atoms with Crippen molar-refractivity contribution in [3.05, 3.63) is 70.9 Å². The molecule has 4 aliphatic rings. The lowest BCUT2D eigenvalue weighted by Crippen LogP contribution is -2.47. The fourth-order valence-electron chi connectivity index (χ4n) is 8.90. The van der Waals surface area contributed by atoms with Crippen LogP contribution in [0.3, 0.4) is 0 Å². The summed E-state index contributed by atoms with van der Waals surface area (Å²) >= 11 is 0. The van der Waals surface area contributed by atoms with Crippen molar-refractivity contribution in [3.8, 4) is 0 Å². The molecule has 0 bridgehead atoms. The number of hydrogen-bond acceptors (Lipinski definition) is 4. The maximum Gasteiger partial charge on any atom is 0.121 e. The highest BCUT2D eigenvalue weighted by Gasteiger charge is 2.75. The summed E-state index contributed by atoms with van der Waals surface area (Å²) in [6.07, 6.45) is 26.8. The maximum atomic E-state index is 10.3. The standard InChI is InChI=1S/C40H62O4/c1-29(17-13-19-31(3)21-23-39-35(5,6)25-33(41)27-37(39,9)43-39)15-11-12-16-30(2)18-14-20-32(4)22-24-40-36(7,8)26-34(42)28-38(40,10)44-40/h11-12,15-16,19-21,23,33-34,41-42H,13-14,17-18,22,24-28H2,1-10H3/b12-11+,23-21+,29-15+,30-16+,31-19+,32-20+/t33-,34-,37-,38+,39+,40-/m0/s1. The van der Waals surface area contributed by atoms with Gasteiger partial charge in [-0.15, -0.1) is 0 Å². The van der Waals surface area contributed by atoms with Gasteiger partial charge in [0, 0.05) is 18.3 Å². The first-order chi connectivity index (χ1) is 20.4. The summed E-state index contributed by atoms with van der Waals surface area (Å²) in [6, 6.07) is 0. The Balaban J connectivity index is 1.16. The van der Waals surface area contributed by atoms with Crippen molar-refractivity contribution in [2.75, 3.05) is 0 Å². The van der Waals surface area contributed by atoms with E-state index in [4.69, 9.17) is 9.47 Å². The Kier molecular flexibility index (Phi) is 10.2. The molecule has 0 aromatic rings. The number of aliphatic hydroxyl groups excluding tert-OH is 2. The number of fused-ring (bicyclic) bond motifs is 2. The van der Waals surface area contributed by atoms with Crippen molar-refractivity contribution in [1.29, 1.82) is 0 Å². The van der Waals surface area contributed by atoms with Gasteiger partial charge in [0.05, 0.1) is 17.8 Å². The lowest BCUT2D eigenvalue weighted by atomic mass is 9.61. The van der Waals surface area contributed by atoms with Crippen molar-refractivity contribution in [3.63, 3.8) is 0 Å². The highest BCUT2D eigenvalue weighted by atomic mass is 16.6. The van der Waals surface area contributed by atoms with Gasteiger partial charge in [0.2, 0.25) is 0 Å². The average Bonchev–Trinajstić information content (AvgIpc) is 3.73. The van der Waals surface area contributed by atoms with Crippen LogP contribution in [0.4, 0.5) is 0 Å². The Bertz CT molecular complexity index is 1240. The van der Waals surface area contributed by atoms with Crippen LogP contribution in [-0.2, 0) is 9.47 Å². The predicted molar refractivity (Wildman–Crippen MR) is 183 cm³/mol. The van der Waals surface area contributed by atoms with Crippen LogP contribution in [0.2, 0.25) is 0 Å². The number of epoxide rings is 2. The summed E-state index contributed by atoms with van der Waals surface area (Å²) in [5, 5.41) is 20.6. The molecule has 6 atom stereocenters. The molecular formula is C40H62O4. The van der Waals surface area contributed by atoms with E-state index in [1.165, 1.54) is 22.3 Å². The highest BCUT2D eigenvalue weighted by molar-refractivity contribution is 5.35. The van der Waals surface area contributed by atoms with Crippen LogP contribution in [-0.4, -0.2) is 44.8 Å².